The maximum absolute atomic E-state index is 13.0. The fraction of sp³-hybridized carbons (Fsp3) is 0.222. The van der Waals surface area contributed by atoms with Crippen molar-refractivity contribution in [3.05, 3.63) is 59.9 Å². The SMILES string of the molecule is CCn1c(=O)/c(=C2\Sc3cc(C(F)(F)F)ccc3N2C)s/c1=C\c1nccs1. The molecule has 0 fully saturated rings. The Kier molecular flexibility index (Phi) is 4.88. The van der Waals surface area contributed by atoms with Gasteiger partial charge in [0.2, 0.25) is 0 Å². The Balaban J connectivity index is 1.88. The molecule has 4 rings (SSSR count). The Morgan fingerprint density at radius 1 is 1.29 bits per heavy atom. The van der Waals surface area contributed by atoms with Crippen molar-refractivity contribution >= 4 is 51.2 Å². The summed E-state index contributed by atoms with van der Waals surface area (Å²) in [5, 5.41) is 3.30. The smallest absolute Gasteiger partial charge is 0.337 e. The molecule has 1 aliphatic rings. The van der Waals surface area contributed by atoms with Gasteiger partial charge in [0.1, 0.15) is 19.2 Å². The fourth-order valence-electron chi connectivity index (χ4n) is 2.91. The molecule has 28 heavy (non-hydrogen) atoms. The highest BCUT2D eigenvalue weighted by molar-refractivity contribution is 8.08. The van der Waals surface area contributed by atoms with Crippen molar-refractivity contribution in [1.82, 2.24) is 9.55 Å². The van der Waals surface area contributed by atoms with E-state index < -0.39 is 11.7 Å². The highest BCUT2D eigenvalue weighted by atomic mass is 32.2. The van der Waals surface area contributed by atoms with Crippen molar-refractivity contribution in [2.24, 2.45) is 0 Å². The second-order valence-corrected chi connectivity index (χ2v) is 8.97. The normalized spacial score (nSPS) is 16.8. The lowest BCUT2D eigenvalue weighted by Crippen LogP contribution is -2.33. The number of hydrogen-bond acceptors (Lipinski definition) is 6. The Bertz CT molecular complexity index is 1210. The van der Waals surface area contributed by atoms with E-state index in [1.165, 1.54) is 40.5 Å². The van der Waals surface area contributed by atoms with Crippen molar-refractivity contribution < 1.29 is 13.2 Å². The largest absolute Gasteiger partial charge is 0.416 e. The summed E-state index contributed by atoms with van der Waals surface area (Å²) < 4.78 is 42.0. The Morgan fingerprint density at radius 2 is 2.07 bits per heavy atom. The second kappa shape index (κ2) is 7.09. The lowest BCUT2D eigenvalue weighted by atomic mass is 10.2. The maximum atomic E-state index is 13.0. The summed E-state index contributed by atoms with van der Waals surface area (Å²) in [6.45, 7) is 2.39. The molecule has 146 valence electrons. The average Bonchev–Trinajstić information content (AvgIpc) is 3.33. The second-order valence-electron chi connectivity index (χ2n) is 5.98. The molecule has 3 aromatic rings. The van der Waals surface area contributed by atoms with Gasteiger partial charge in [-0.1, -0.05) is 11.8 Å². The van der Waals surface area contributed by atoms with Gasteiger partial charge >= 0.3 is 6.18 Å². The number of anilines is 1. The maximum Gasteiger partial charge on any atom is 0.416 e. The van der Waals surface area contributed by atoms with Crippen LogP contribution in [0.2, 0.25) is 0 Å². The lowest BCUT2D eigenvalue weighted by molar-refractivity contribution is -0.137. The van der Waals surface area contributed by atoms with E-state index in [1.807, 2.05) is 18.4 Å². The van der Waals surface area contributed by atoms with Gasteiger partial charge in [-0.25, -0.2) is 4.98 Å². The predicted molar refractivity (Wildman–Crippen MR) is 108 cm³/mol. The standard InChI is InChI=1S/C18H14F3N3OS3/c1-3-24-14(9-13-22-6-7-26-13)28-15(16(24)25)17-23(2)11-5-4-10(18(19,20)21)8-12(11)27-17/h4-9H,3H2,1-2H3/b14-9-,17-15+. The van der Waals surface area contributed by atoms with Crippen LogP contribution < -0.4 is 19.7 Å². The number of thiazole rings is 2. The van der Waals surface area contributed by atoms with Crippen LogP contribution in [-0.4, -0.2) is 16.6 Å². The van der Waals surface area contributed by atoms with Crippen LogP contribution in [0, 0.1) is 0 Å². The van der Waals surface area contributed by atoms with Gasteiger partial charge in [0.25, 0.3) is 5.56 Å². The zero-order valence-corrected chi connectivity index (χ0v) is 17.2. The number of nitrogens with zero attached hydrogens (tertiary/aromatic N) is 3. The summed E-state index contributed by atoms with van der Waals surface area (Å²) in [5.41, 5.74) is -0.175. The molecule has 0 bridgehead atoms. The molecule has 0 saturated carbocycles. The molecule has 0 N–H and O–H groups in total. The number of halogens is 3. The number of thioether (sulfide) groups is 1. The molecular weight excluding hydrogens is 427 g/mol. The quantitative estimate of drug-likeness (QED) is 0.610. The minimum Gasteiger partial charge on any atom is -0.337 e. The Hall–Kier alpha value is -2.04. The minimum absolute atomic E-state index is 0.145. The molecule has 10 heteroatoms. The van der Waals surface area contributed by atoms with Crippen LogP contribution in [0.3, 0.4) is 0 Å². The van der Waals surface area contributed by atoms with Crippen LogP contribution in [0.5, 0.6) is 0 Å². The lowest BCUT2D eigenvalue weighted by Gasteiger charge is -2.13. The molecule has 0 atom stereocenters. The molecule has 0 amide bonds. The van der Waals surface area contributed by atoms with Gasteiger partial charge < -0.3 is 4.90 Å². The van der Waals surface area contributed by atoms with E-state index in [4.69, 9.17) is 0 Å². The summed E-state index contributed by atoms with van der Waals surface area (Å²) in [5.74, 6) is 0. The van der Waals surface area contributed by atoms with E-state index in [2.05, 4.69) is 4.98 Å². The van der Waals surface area contributed by atoms with E-state index in [-0.39, 0.29) is 5.56 Å². The molecular formula is C18H14F3N3OS3. The molecule has 0 unspecified atom stereocenters. The van der Waals surface area contributed by atoms with Crippen LogP contribution >= 0.6 is 34.4 Å². The van der Waals surface area contributed by atoms with Crippen molar-refractivity contribution in [3.63, 3.8) is 0 Å². The van der Waals surface area contributed by atoms with Crippen LogP contribution in [0.1, 0.15) is 17.5 Å². The third kappa shape index (κ3) is 3.29. The third-order valence-corrected chi connectivity index (χ3v) is 7.47. The number of fused-ring (bicyclic) bond motifs is 1. The van der Waals surface area contributed by atoms with E-state index >= 15 is 0 Å². The van der Waals surface area contributed by atoms with Gasteiger partial charge in [-0.15, -0.1) is 22.7 Å². The van der Waals surface area contributed by atoms with Crippen molar-refractivity contribution in [2.75, 3.05) is 11.9 Å². The van der Waals surface area contributed by atoms with Crippen molar-refractivity contribution in [1.29, 1.82) is 0 Å². The molecule has 1 aliphatic heterocycles. The first-order valence-electron chi connectivity index (χ1n) is 8.27. The topological polar surface area (TPSA) is 38.1 Å². The zero-order valence-electron chi connectivity index (χ0n) is 14.8. The number of benzene rings is 1. The minimum atomic E-state index is -4.40. The summed E-state index contributed by atoms with van der Waals surface area (Å²) in [6.07, 6.45) is -0.840. The van der Waals surface area contributed by atoms with Crippen molar-refractivity contribution in [2.45, 2.75) is 24.5 Å². The summed E-state index contributed by atoms with van der Waals surface area (Å²) in [7, 11) is 1.76. The molecule has 0 aliphatic carbocycles. The van der Waals surface area contributed by atoms with Crippen LogP contribution in [-0.2, 0) is 12.7 Å². The molecule has 2 aromatic heterocycles. The molecule has 0 saturated heterocycles. The monoisotopic (exact) mass is 441 g/mol. The van der Waals surface area contributed by atoms with Crippen LogP contribution in [0.15, 0.2) is 39.5 Å². The first kappa shape index (κ1) is 19.3. The molecule has 4 nitrogen and oxygen atoms in total. The first-order chi connectivity index (χ1) is 13.3. The summed E-state index contributed by atoms with van der Waals surface area (Å²) in [6, 6.07) is 3.66. The number of hydrogen-bond donors (Lipinski definition) is 0. The fourth-order valence-corrected chi connectivity index (χ4v) is 6.04. The third-order valence-electron chi connectivity index (χ3n) is 4.28. The number of alkyl halides is 3. The van der Waals surface area contributed by atoms with Gasteiger partial charge in [0.05, 0.1) is 11.3 Å². The zero-order chi connectivity index (χ0) is 20.1. The van der Waals surface area contributed by atoms with Crippen LogP contribution in [0.25, 0.3) is 11.1 Å². The average molecular weight is 442 g/mol. The summed E-state index contributed by atoms with van der Waals surface area (Å²) >= 11 is 4.00. The Morgan fingerprint density at radius 3 is 2.71 bits per heavy atom. The number of aromatic nitrogens is 2. The molecule has 0 spiro atoms. The van der Waals surface area contributed by atoms with Gasteiger partial charge in [0.15, 0.2) is 0 Å². The van der Waals surface area contributed by atoms with Crippen molar-refractivity contribution in [3.8, 4) is 0 Å². The van der Waals surface area contributed by atoms with Gasteiger partial charge in [-0.05, 0) is 25.1 Å². The van der Waals surface area contributed by atoms with Gasteiger partial charge in [-0.3, -0.25) is 9.36 Å². The highest BCUT2D eigenvalue weighted by Crippen LogP contribution is 2.47. The van der Waals surface area contributed by atoms with E-state index in [1.54, 1.807) is 22.7 Å². The first-order valence-corrected chi connectivity index (χ1v) is 10.8. The van der Waals surface area contributed by atoms with E-state index in [0.29, 0.717) is 26.7 Å². The Labute approximate surface area is 170 Å². The van der Waals surface area contributed by atoms with E-state index in [9.17, 15) is 18.0 Å². The van der Waals surface area contributed by atoms with Gasteiger partial charge in [-0.2, -0.15) is 13.2 Å². The van der Waals surface area contributed by atoms with E-state index in [0.717, 1.165) is 21.8 Å². The molecule has 0 radical (unpaired) electrons. The summed E-state index contributed by atoms with van der Waals surface area (Å²) in [4.78, 5) is 19.5. The highest BCUT2D eigenvalue weighted by Gasteiger charge is 2.33. The predicted octanol–water partition coefficient (Wildman–Crippen LogP) is 3.54. The molecule has 1 aromatic carbocycles. The molecule has 3 heterocycles. The van der Waals surface area contributed by atoms with Crippen LogP contribution in [0.4, 0.5) is 18.9 Å². The van der Waals surface area contributed by atoms with Gasteiger partial charge in [0, 0.05) is 36.1 Å². The number of rotatable bonds is 2.